The first kappa shape index (κ1) is 16.9. The Morgan fingerprint density at radius 2 is 1.86 bits per heavy atom. The highest BCUT2D eigenvalue weighted by Crippen LogP contribution is 2.50. The molecule has 0 fully saturated rings. The summed E-state index contributed by atoms with van der Waals surface area (Å²) in [5.74, 6) is -0.111. The van der Waals surface area contributed by atoms with Crippen molar-refractivity contribution < 1.29 is 22.5 Å². The lowest BCUT2D eigenvalue weighted by molar-refractivity contribution is 0.211. The molecule has 5 nitrogen and oxygen atoms in total. The summed E-state index contributed by atoms with van der Waals surface area (Å²) in [6.45, 7) is 5.40. The van der Waals surface area contributed by atoms with Crippen LogP contribution in [-0.2, 0) is 20.0 Å². The molecule has 2 rings (SSSR count). The van der Waals surface area contributed by atoms with Crippen LogP contribution >= 0.6 is 7.82 Å². The number of aryl methyl sites for hydroxylation is 2. The SMILES string of the molecule is CCc1nc2cc(C)c(F)cc2c(OP(=O)(OC)OC)c1C. The molecule has 7 heteroatoms. The fraction of sp³-hybridized carbons (Fsp3) is 0.400. The van der Waals surface area contributed by atoms with Gasteiger partial charge < -0.3 is 4.52 Å². The van der Waals surface area contributed by atoms with Gasteiger partial charge >= 0.3 is 7.82 Å². The fourth-order valence-corrected chi connectivity index (χ4v) is 2.98. The van der Waals surface area contributed by atoms with Gasteiger partial charge in [0, 0.05) is 30.9 Å². The lowest BCUT2D eigenvalue weighted by Crippen LogP contribution is -2.03. The van der Waals surface area contributed by atoms with Gasteiger partial charge in [-0.15, -0.1) is 0 Å². The predicted molar refractivity (Wildman–Crippen MR) is 82.8 cm³/mol. The molecule has 0 saturated carbocycles. The van der Waals surface area contributed by atoms with Crippen LogP contribution in [0.4, 0.5) is 4.39 Å². The maximum atomic E-state index is 13.9. The number of fused-ring (bicyclic) bond motifs is 1. The monoisotopic (exact) mass is 327 g/mol. The highest BCUT2D eigenvalue weighted by Gasteiger charge is 2.28. The van der Waals surface area contributed by atoms with Gasteiger partial charge in [0.1, 0.15) is 11.6 Å². The minimum Gasteiger partial charge on any atom is -0.403 e. The van der Waals surface area contributed by atoms with Crippen molar-refractivity contribution in [1.82, 2.24) is 4.98 Å². The minimum absolute atomic E-state index is 0.271. The minimum atomic E-state index is -3.74. The Balaban J connectivity index is 2.76. The lowest BCUT2D eigenvalue weighted by atomic mass is 10.1. The van der Waals surface area contributed by atoms with Crippen molar-refractivity contribution >= 4 is 18.7 Å². The number of nitrogens with zero attached hydrogens (tertiary/aromatic N) is 1. The van der Waals surface area contributed by atoms with Crippen molar-refractivity contribution in [1.29, 1.82) is 0 Å². The molecule has 1 aromatic carbocycles. The second kappa shape index (κ2) is 6.32. The number of rotatable bonds is 5. The molecule has 0 radical (unpaired) electrons. The lowest BCUT2D eigenvalue weighted by Gasteiger charge is -2.19. The van der Waals surface area contributed by atoms with E-state index >= 15 is 0 Å². The highest BCUT2D eigenvalue weighted by atomic mass is 31.2. The van der Waals surface area contributed by atoms with Crippen LogP contribution < -0.4 is 4.52 Å². The number of phosphoric ester groups is 1. The van der Waals surface area contributed by atoms with Crippen molar-refractivity contribution in [2.75, 3.05) is 14.2 Å². The number of hydrogen-bond acceptors (Lipinski definition) is 5. The molecule has 1 aromatic heterocycles. The molecule has 0 unspecified atom stereocenters. The zero-order valence-electron chi connectivity index (χ0n) is 13.3. The number of hydrogen-bond donors (Lipinski definition) is 0. The Bertz CT molecular complexity index is 755. The van der Waals surface area contributed by atoms with Gasteiger partial charge in [-0.2, -0.15) is 0 Å². The highest BCUT2D eigenvalue weighted by molar-refractivity contribution is 7.48. The molecular weight excluding hydrogens is 308 g/mol. The molecule has 0 bridgehead atoms. The molecule has 22 heavy (non-hydrogen) atoms. The van der Waals surface area contributed by atoms with Crippen LogP contribution in [0.5, 0.6) is 5.75 Å². The van der Waals surface area contributed by atoms with Crippen LogP contribution in [0.3, 0.4) is 0 Å². The van der Waals surface area contributed by atoms with Gasteiger partial charge in [-0.05, 0) is 38.0 Å². The summed E-state index contributed by atoms with van der Waals surface area (Å²) in [7, 11) is -1.28. The number of halogens is 1. The van der Waals surface area contributed by atoms with E-state index < -0.39 is 7.82 Å². The molecule has 0 atom stereocenters. The molecule has 0 saturated heterocycles. The van der Waals surface area contributed by atoms with Crippen molar-refractivity contribution in [3.63, 3.8) is 0 Å². The number of pyridine rings is 1. The van der Waals surface area contributed by atoms with Crippen LogP contribution in [-0.4, -0.2) is 19.2 Å². The Morgan fingerprint density at radius 1 is 1.23 bits per heavy atom. The third kappa shape index (κ3) is 3.00. The van der Waals surface area contributed by atoms with Gasteiger partial charge in [-0.3, -0.25) is 14.0 Å². The maximum Gasteiger partial charge on any atom is 0.529 e. The van der Waals surface area contributed by atoms with Gasteiger partial charge in [0.05, 0.1) is 5.52 Å². The fourth-order valence-electron chi connectivity index (χ4n) is 2.23. The van der Waals surface area contributed by atoms with E-state index in [1.165, 1.54) is 20.3 Å². The maximum absolute atomic E-state index is 13.9. The standard InChI is InChI=1S/C15H19FNO4P/c1-6-13-10(3)15(21-22(18,19-4)20-5)11-8-12(16)9(2)7-14(11)17-13/h7-8H,6H2,1-5H3. The second-order valence-electron chi connectivity index (χ2n) is 4.89. The van der Waals surface area contributed by atoms with E-state index in [1.54, 1.807) is 19.9 Å². The topological polar surface area (TPSA) is 57.7 Å². The van der Waals surface area contributed by atoms with Gasteiger partial charge in [0.2, 0.25) is 0 Å². The molecule has 1 heterocycles. The van der Waals surface area contributed by atoms with Gasteiger partial charge in [0.25, 0.3) is 0 Å². The van der Waals surface area contributed by atoms with Crippen molar-refractivity contribution in [2.45, 2.75) is 27.2 Å². The van der Waals surface area contributed by atoms with Crippen molar-refractivity contribution in [3.05, 3.63) is 34.8 Å². The molecule has 0 aliphatic carbocycles. The molecule has 0 aliphatic rings. The quantitative estimate of drug-likeness (QED) is 0.765. The largest absolute Gasteiger partial charge is 0.529 e. The molecule has 120 valence electrons. The summed E-state index contributed by atoms with van der Waals surface area (Å²) in [5.41, 5.74) is 2.54. The van der Waals surface area contributed by atoms with Crippen LogP contribution in [0, 0.1) is 19.7 Å². The number of aromatic nitrogens is 1. The molecule has 0 N–H and O–H groups in total. The first-order chi connectivity index (χ1) is 10.3. The van der Waals surface area contributed by atoms with E-state index in [9.17, 15) is 8.96 Å². The third-order valence-corrected chi connectivity index (χ3v) is 4.84. The summed E-state index contributed by atoms with van der Waals surface area (Å²) >= 11 is 0. The molecule has 0 spiro atoms. The normalized spacial score (nSPS) is 11.9. The molecule has 0 amide bonds. The first-order valence-corrected chi connectivity index (χ1v) is 8.31. The van der Waals surface area contributed by atoms with Gasteiger partial charge in [-0.25, -0.2) is 8.96 Å². The Morgan fingerprint density at radius 3 is 2.41 bits per heavy atom. The Hall–Kier alpha value is -1.49. The number of benzene rings is 1. The Labute approximate surface area is 129 Å². The van der Waals surface area contributed by atoms with Gasteiger partial charge in [0.15, 0.2) is 0 Å². The van der Waals surface area contributed by atoms with Crippen LogP contribution in [0.25, 0.3) is 10.9 Å². The summed E-state index contributed by atoms with van der Waals surface area (Å²) in [6, 6.07) is 2.97. The van der Waals surface area contributed by atoms with E-state index in [4.69, 9.17) is 13.6 Å². The van der Waals surface area contributed by atoms with E-state index in [2.05, 4.69) is 4.98 Å². The summed E-state index contributed by atoms with van der Waals surface area (Å²) in [6.07, 6.45) is 0.665. The van der Waals surface area contributed by atoms with E-state index in [1.807, 2.05) is 6.92 Å². The van der Waals surface area contributed by atoms with Crippen molar-refractivity contribution in [3.8, 4) is 5.75 Å². The molecular formula is C15H19FNO4P. The third-order valence-electron chi connectivity index (χ3n) is 3.54. The second-order valence-corrected chi connectivity index (χ2v) is 6.70. The van der Waals surface area contributed by atoms with Crippen LogP contribution in [0.15, 0.2) is 12.1 Å². The van der Waals surface area contributed by atoms with E-state index in [0.29, 0.717) is 28.5 Å². The average molecular weight is 327 g/mol. The smallest absolute Gasteiger partial charge is 0.403 e. The zero-order chi connectivity index (χ0) is 16.5. The predicted octanol–water partition coefficient (Wildman–Crippen LogP) is 4.33. The molecule has 2 aromatic rings. The molecule has 0 aliphatic heterocycles. The van der Waals surface area contributed by atoms with Gasteiger partial charge in [-0.1, -0.05) is 6.92 Å². The van der Waals surface area contributed by atoms with E-state index in [0.717, 1.165) is 5.69 Å². The summed E-state index contributed by atoms with van der Waals surface area (Å²) < 4.78 is 41.3. The number of phosphoric acid groups is 1. The van der Waals surface area contributed by atoms with Crippen LogP contribution in [0.2, 0.25) is 0 Å². The summed E-state index contributed by atoms with van der Waals surface area (Å²) in [5, 5.41) is 0.437. The average Bonchev–Trinajstić information content (AvgIpc) is 2.51. The van der Waals surface area contributed by atoms with Crippen molar-refractivity contribution in [2.24, 2.45) is 0 Å². The van der Waals surface area contributed by atoms with E-state index in [-0.39, 0.29) is 11.6 Å². The Kier molecular flexibility index (Phi) is 4.85. The first-order valence-electron chi connectivity index (χ1n) is 6.85. The zero-order valence-corrected chi connectivity index (χ0v) is 14.2. The summed E-state index contributed by atoms with van der Waals surface area (Å²) in [4.78, 5) is 4.52. The van der Waals surface area contributed by atoms with Crippen LogP contribution in [0.1, 0.15) is 23.7 Å².